The van der Waals surface area contributed by atoms with Crippen LogP contribution in [0.3, 0.4) is 0 Å². The Labute approximate surface area is 264 Å². The third-order valence-corrected chi connectivity index (χ3v) is 7.68. The van der Waals surface area contributed by atoms with Crippen molar-refractivity contribution >= 4 is 48.6 Å². The number of aryl methyl sites for hydroxylation is 3. The molecule has 0 saturated heterocycles. The van der Waals surface area contributed by atoms with Crippen molar-refractivity contribution in [3.8, 4) is 23.8 Å². The number of terminal acetylenes is 1. The summed E-state index contributed by atoms with van der Waals surface area (Å²) in [6, 6.07) is 16.1. The maximum absolute atomic E-state index is 11.4. The van der Waals surface area contributed by atoms with Crippen molar-refractivity contribution in [2.75, 3.05) is 21.3 Å². The van der Waals surface area contributed by atoms with Crippen molar-refractivity contribution in [3.63, 3.8) is 0 Å². The Balaban J connectivity index is 0.000000321. The Morgan fingerprint density at radius 2 is 1.05 bits per heavy atom. The first kappa shape index (κ1) is 36.2. The molecule has 3 aromatic carbocycles. The second-order valence-electron chi connectivity index (χ2n) is 10.1. The highest BCUT2D eigenvalue weighted by Gasteiger charge is 2.10. The summed E-state index contributed by atoms with van der Waals surface area (Å²) in [6.07, 6.45) is 5.26. The molecule has 0 N–H and O–H groups in total. The summed E-state index contributed by atoms with van der Waals surface area (Å²) in [4.78, 5) is 33.6. The highest BCUT2D eigenvalue weighted by molar-refractivity contribution is 14.1. The molecule has 0 aliphatic rings. The van der Waals surface area contributed by atoms with Gasteiger partial charge in [-0.05, 0) is 96.5 Å². The summed E-state index contributed by atoms with van der Waals surface area (Å²) < 4.78 is 14.9. The Morgan fingerprint density at radius 1 is 0.667 bits per heavy atom. The predicted molar refractivity (Wildman–Crippen MR) is 178 cm³/mol. The van der Waals surface area contributed by atoms with Crippen LogP contribution in [0, 0.1) is 48.1 Å². The zero-order chi connectivity index (χ0) is 32.0. The first-order chi connectivity index (χ1) is 19.7. The number of rotatable bonds is 3. The molecule has 0 aromatic heterocycles. The fraction of sp³-hybridized carbons (Fsp3) is 0.265. The molecule has 3 rings (SSSR count). The minimum Gasteiger partial charge on any atom is -0.465 e. The molecule has 6 nitrogen and oxygen atoms in total. The van der Waals surface area contributed by atoms with Gasteiger partial charge >= 0.3 is 17.9 Å². The Hall–Kier alpha value is -3.86. The highest BCUT2D eigenvalue weighted by Crippen LogP contribution is 2.14. The van der Waals surface area contributed by atoms with Crippen LogP contribution in [0.1, 0.15) is 58.9 Å². The van der Waals surface area contributed by atoms with E-state index in [9.17, 15) is 14.4 Å². The van der Waals surface area contributed by atoms with Crippen LogP contribution in [-0.2, 0) is 14.2 Å². The van der Waals surface area contributed by atoms with Gasteiger partial charge < -0.3 is 14.2 Å². The third kappa shape index (κ3) is 11.9. The van der Waals surface area contributed by atoms with Crippen LogP contribution in [-0.4, -0.2) is 47.3 Å². The summed E-state index contributed by atoms with van der Waals surface area (Å²) in [5, 5.41) is 0. The molecule has 0 aliphatic heterocycles. The molecule has 0 saturated carbocycles. The van der Waals surface area contributed by atoms with E-state index in [1.54, 1.807) is 36.4 Å². The summed E-state index contributed by atoms with van der Waals surface area (Å²) in [5.74, 6) is 4.72. The van der Waals surface area contributed by atoms with Crippen LogP contribution in [0.2, 0.25) is 19.6 Å². The monoisotopic (exact) mass is 696 g/mol. The summed E-state index contributed by atoms with van der Waals surface area (Å²) in [6.45, 7) is 12.5. The van der Waals surface area contributed by atoms with Gasteiger partial charge in [0.15, 0.2) is 0 Å². The lowest BCUT2D eigenvalue weighted by Crippen LogP contribution is -2.16. The quantitative estimate of drug-likeness (QED) is 0.0952. The van der Waals surface area contributed by atoms with E-state index in [4.69, 9.17) is 11.2 Å². The van der Waals surface area contributed by atoms with Crippen molar-refractivity contribution in [2.45, 2.75) is 40.4 Å². The molecule has 0 spiro atoms. The molecule has 3 aromatic rings. The van der Waals surface area contributed by atoms with Gasteiger partial charge in [0.05, 0.1) is 38.0 Å². The zero-order valence-electron chi connectivity index (χ0n) is 25.6. The Morgan fingerprint density at radius 3 is 1.43 bits per heavy atom. The fourth-order valence-corrected chi connectivity index (χ4v) is 4.14. The van der Waals surface area contributed by atoms with Crippen molar-refractivity contribution in [1.82, 2.24) is 0 Å². The molecular formula is C34H37IO6Si. The number of benzene rings is 3. The number of esters is 3. The first-order valence-electron chi connectivity index (χ1n) is 12.9. The van der Waals surface area contributed by atoms with Gasteiger partial charge in [-0.3, -0.25) is 0 Å². The SMILES string of the molecule is C#Cc1cc(C(=O)OC)ccc1C.COC(=O)c1ccc(C)c(C#C[Si](C)(C)C)c1.COC(=O)c1ccc(C)c(I)c1. The maximum atomic E-state index is 11.4. The second kappa shape index (κ2) is 17.2. The van der Waals surface area contributed by atoms with Crippen LogP contribution >= 0.6 is 22.6 Å². The number of methoxy groups -OCH3 is 3. The van der Waals surface area contributed by atoms with Crippen molar-refractivity contribution in [3.05, 3.63) is 103 Å². The molecule has 0 aliphatic carbocycles. The van der Waals surface area contributed by atoms with E-state index in [-0.39, 0.29) is 17.9 Å². The van der Waals surface area contributed by atoms with Crippen LogP contribution in [0.4, 0.5) is 0 Å². The minimum absolute atomic E-state index is 0.284. The molecule has 0 unspecified atom stereocenters. The fourth-order valence-electron chi connectivity index (χ4n) is 3.12. The average molecular weight is 697 g/mol. The van der Waals surface area contributed by atoms with Gasteiger partial charge in [-0.2, -0.15) is 0 Å². The number of halogens is 1. The smallest absolute Gasteiger partial charge is 0.337 e. The first-order valence-corrected chi connectivity index (χ1v) is 17.5. The molecule has 0 bridgehead atoms. The van der Waals surface area contributed by atoms with Crippen LogP contribution in [0.25, 0.3) is 0 Å². The molecular weight excluding hydrogens is 659 g/mol. The van der Waals surface area contributed by atoms with Gasteiger partial charge in [-0.1, -0.05) is 49.7 Å². The lowest BCUT2D eigenvalue weighted by atomic mass is 10.1. The minimum atomic E-state index is -1.39. The molecule has 8 heteroatoms. The van der Waals surface area contributed by atoms with Gasteiger partial charge in [-0.15, -0.1) is 12.0 Å². The van der Waals surface area contributed by atoms with E-state index in [2.05, 4.69) is 69.1 Å². The summed E-state index contributed by atoms with van der Waals surface area (Å²) in [7, 11) is 2.72. The highest BCUT2D eigenvalue weighted by atomic mass is 127. The molecule has 0 atom stereocenters. The standard InChI is InChI=1S/C14H18O2Si.C11H10O2.C9H9IO2/c1-11-6-7-13(14(15)16-2)10-12(11)8-9-17(3,4)5;1-4-9-7-10(11(12)13-3)6-5-8(9)2;1-6-3-4-7(5-8(6)10)9(11)12-2/h6-7,10H,1-5H3;1,5-7H,2-3H3;3-5H,1-2H3. The molecule has 42 heavy (non-hydrogen) atoms. The van der Waals surface area contributed by atoms with Gasteiger partial charge in [0, 0.05) is 14.7 Å². The van der Waals surface area contributed by atoms with Gasteiger partial charge in [0.2, 0.25) is 0 Å². The predicted octanol–water partition coefficient (Wildman–Crippen LogP) is 7.16. The van der Waals surface area contributed by atoms with Gasteiger partial charge in [0.1, 0.15) is 8.07 Å². The molecule has 0 amide bonds. The second-order valence-corrected chi connectivity index (χ2v) is 16.1. The van der Waals surface area contributed by atoms with E-state index in [1.807, 2.05) is 39.0 Å². The molecule has 0 fully saturated rings. The van der Waals surface area contributed by atoms with Crippen LogP contribution < -0.4 is 0 Å². The van der Waals surface area contributed by atoms with Crippen LogP contribution in [0.5, 0.6) is 0 Å². The number of carbonyl (C=O) groups excluding carboxylic acids is 3. The normalized spacial score (nSPS) is 9.74. The van der Waals surface area contributed by atoms with Crippen molar-refractivity contribution in [2.24, 2.45) is 0 Å². The molecule has 0 heterocycles. The van der Waals surface area contributed by atoms with E-state index in [0.29, 0.717) is 16.7 Å². The van der Waals surface area contributed by atoms with E-state index >= 15 is 0 Å². The summed E-state index contributed by atoms with van der Waals surface area (Å²) >= 11 is 2.19. The van der Waals surface area contributed by atoms with Gasteiger partial charge in [-0.25, -0.2) is 14.4 Å². The largest absolute Gasteiger partial charge is 0.465 e. The van der Waals surface area contributed by atoms with E-state index in [0.717, 1.165) is 25.8 Å². The lowest BCUT2D eigenvalue weighted by molar-refractivity contribution is 0.0591. The van der Waals surface area contributed by atoms with Gasteiger partial charge in [0.25, 0.3) is 0 Å². The lowest BCUT2D eigenvalue weighted by Gasteiger charge is -2.05. The maximum Gasteiger partial charge on any atom is 0.337 e. The topological polar surface area (TPSA) is 78.9 Å². The zero-order valence-corrected chi connectivity index (χ0v) is 28.8. The van der Waals surface area contributed by atoms with Crippen molar-refractivity contribution in [1.29, 1.82) is 0 Å². The summed E-state index contributed by atoms with van der Waals surface area (Å²) in [5.41, 5.74) is 9.82. The van der Waals surface area contributed by atoms with Crippen LogP contribution in [0.15, 0.2) is 54.6 Å². The Kier molecular flexibility index (Phi) is 14.8. The van der Waals surface area contributed by atoms with Crippen molar-refractivity contribution < 1.29 is 28.6 Å². The molecule has 220 valence electrons. The Bertz CT molecular complexity index is 1530. The van der Waals surface area contributed by atoms with E-state index in [1.165, 1.54) is 26.9 Å². The third-order valence-electron chi connectivity index (χ3n) is 5.64. The number of ether oxygens (including phenoxy) is 3. The average Bonchev–Trinajstić information content (AvgIpc) is 2.97. The van der Waals surface area contributed by atoms with E-state index < -0.39 is 8.07 Å². The molecule has 0 radical (unpaired) electrons. The number of carbonyl (C=O) groups is 3. The number of hydrogen-bond donors (Lipinski definition) is 0. The number of hydrogen-bond acceptors (Lipinski definition) is 6.